The van der Waals surface area contributed by atoms with Crippen LogP contribution in [-0.2, 0) is 12.6 Å². The van der Waals surface area contributed by atoms with Gasteiger partial charge in [-0.15, -0.1) is 0 Å². The number of halogens is 3. The van der Waals surface area contributed by atoms with Crippen LogP contribution in [0.1, 0.15) is 18.1 Å². The Hall–Kier alpha value is -3.09. The summed E-state index contributed by atoms with van der Waals surface area (Å²) < 4.78 is 38.0. The van der Waals surface area contributed by atoms with Gasteiger partial charge in [-0.25, -0.2) is 4.98 Å². The van der Waals surface area contributed by atoms with E-state index in [2.05, 4.69) is 39.2 Å². The molecule has 7 heteroatoms. The van der Waals surface area contributed by atoms with Crippen LogP contribution in [0.5, 0.6) is 0 Å². The predicted octanol–water partition coefficient (Wildman–Crippen LogP) is 5.32. The van der Waals surface area contributed by atoms with E-state index in [0.29, 0.717) is 11.6 Å². The molecule has 0 spiro atoms. The molecule has 0 aliphatic carbocycles. The molecule has 27 heavy (non-hydrogen) atoms. The molecule has 138 valence electrons. The van der Waals surface area contributed by atoms with Crippen molar-refractivity contribution in [1.82, 2.24) is 9.97 Å². The number of fused-ring (bicyclic) bond motifs is 1. The Kier molecular flexibility index (Phi) is 4.22. The van der Waals surface area contributed by atoms with Gasteiger partial charge in [0.25, 0.3) is 0 Å². The molecule has 0 radical (unpaired) electrons. The molecular weight excluding hydrogens is 353 g/mol. The van der Waals surface area contributed by atoms with E-state index in [-0.39, 0.29) is 6.04 Å². The van der Waals surface area contributed by atoms with Crippen molar-refractivity contribution in [2.45, 2.75) is 25.6 Å². The van der Waals surface area contributed by atoms with Crippen LogP contribution >= 0.6 is 0 Å². The van der Waals surface area contributed by atoms with Crippen LogP contribution in [-0.4, -0.2) is 16.0 Å². The van der Waals surface area contributed by atoms with Crippen LogP contribution in [0.25, 0.3) is 0 Å². The van der Waals surface area contributed by atoms with E-state index < -0.39 is 11.7 Å². The van der Waals surface area contributed by atoms with Crippen molar-refractivity contribution in [2.24, 2.45) is 0 Å². The van der Waals surface area contributed by atoms with Gasteiger partial charge < -0.3 is 10.2 Å². The molecule has 1 aliphatic rings. The van der Waals surface area contributed by atoms with Crippen LogP contribution in [0, 0.1) is 0 Å². The Morgan fingerprint density at radius 3 is 2.52 bits per heavy atom. The minimum Gasteiger partial charge on any atom is -0.324 e. The predicted molar refractivity (Wildman–Crippen MR) is 98.5 cm³/mol. The first-order valence-electron chi connectivity index (χ1n) is 8.56. The second-order valence-electron chi connectivity index (χ2n) is 6.49. The molecule has 0 bridgehead atoms. The normalized spacial score (nSPS) is 16.3. The lowest BCUT2D eigenvalue weighted by molar-refractivity contribution is -0.137. The van der Waals surface area contributed by atoms with Gasteiger partial charge in [-0.1, -0.05) is 18.2 Å². The van der Waals surface area contributed by atoms with Gasteiger partial charge in [0.1, 0.15) is 5.82 Å². The van der Waals surface area contributed by atoms with Crippen molar-refractivity contribution in [3.8, 4) is 0 Å². The van der Waals surface area contributed by atoms with E-state index in [4.69, 9.17) is 0 Å². The Morgan fingerprint density at radius 1 is 1.04 bits per heavy atom. The van der Waals surface area contributed by atoms with Crippen LogP contribution < -0.4 is 10.2 Å². The third-order valence-corrected chi connectivity index (χ3v) is 4.56. The van der Waals surface area contributed by atoms with Crippen LogP contribution in [0.4, 0.5) is 36.3 Å². The number of para-hydroxylation sites is 1. The van der Waals surface area contributed by atoms with Gasteiger partial charge in [-0.05, 0) is 55.3 Å². The van der Waals surface area contributed by atoms with E-state index in [1.807, 2.05) is 18.2 Å². The van der Waals surface area contributed by atoms with Gasteiger partial charge in [0.05, 0.1) is 5.56 Å². The number of rotatable bonds is 3. The quantitative estimate of drug-likeness (QED) is 0.677. The van der Waals surface area contributed by atoms with E-state index in [0.717, 1.165) is 30.1 Å². The average Bonchev–Trinajstić information content (AvgIpc) is 2.97. The fraction of sp³-hybridized carbons (Fsp3) is 0.200. The topological polar surface area (TPSA) is 41.1 Å². The maximum absolute atomic E-state index is 12.7. The smallest absolute Gasteiger partial charge is 0.324 e. The molecule has 0 fully saturated rings. The first-order chi connectivity index (χ1) is 12.9. The van der Waals surface area contributed by atoms with Gasteiger partial charge in [-0.2, -0.15) is 18.2 Å². The Bertz CT molecular complexity index is 954. The summed E-state index contributed by atoms with van der Waals surface area (Å²) in [6.45, 7) is 2.13. The molecule has 2 heterocycles. The van der Waals surface area contributed by atoms with Gasteiger partial charge in [-0.3, -0.25) is 0 Å². The zero-order valence-corrected chi connectivity index (χ0v) is 14.5. The first kappa shape index (κ1) is 17.3. The van der Waals surface area contributed by atoms with Crippen molar-refractivity contribution in [3.05, 3.63) is 71.9 Å². The maximum Gasteiger partial charge on any atom is 0.416 e. The highest BCUT2D eigenvalue weighted by molar-refractivity contribution is 5.69. The van der Waals surface area contributed by atoms with E-state index in [9.17, 15) is 13.2 Å². The number of aromatic nitrogens is 2. The number of nitrogens with zero attached hydrogens (tertiary/aromatic N) is 3. The molecule has 2 aromatic carbocycles. The first-order valence-corrected chi connectivity index (χ1v) is 8.56. The fourth-order valence-corrected chi connectivity index (χ4v) is 3.33. The minimum atomic E-state index is -4.35. The molecule has 0 saturated heterocycles. The summed E-state index contributed by atoms with van der Waals surface area (Å²) in [7, 11) is 0. The van der Waals surface area contributed by atoms with Crippen molar-refractivity contribution in [1.29, 1.82) is 0 Å². The van der Waals surface area contributed by atoms with Gasteiger partial charge in [0.2, 0.25) is 5.95 Å². The summed E-state index contributed by atoms with van der Waals surface area (Å²) in [5, 5.41) is 2.97. The minimum absolute atomic E-state index is 0.260. The number of alkyl halides is 3. The van der Waals surface area contributed by atoms with Crippen molar-refractivity contribution >= 4 is 23.1 Å². The third kappa shape index (κ3) is 3.45. The van der Waals surface area contributed by atoms with Crippen LogP contribution in [0.15, 0.2) is 60.8 Å². The molecule has 4 rings (SSSR count). The largest absolute Gasteiger partial charge is 0.416 e. The van der Waals surface area contributed by atoms with Gasteiger partial charge in [0.15, 0.2) is 0 Å². The van der Waals surface area contributed by atoms with Crippen molar-refractivity contribution in [2.75, 3.05) is 10.2 Å². The summed E-state index contributed by atoms with van der Waals surface area (Å²) >= 11 is 0. The molecule has 0 amide bonds. The molecule has 1 atom stereocenters. The molecule has 3 aromatic rings. The SMILES string of the molecule is CC1Cc2ccccc2N1c1ccnc(Nc2ccc(C(F)(F)F)cc2)n1. The van der Waals surface area contributed by atoms with E-state index in [1.54, 1.807) is 6.20 Å². The second-order valence-corrected chi connectivity index (χ2v) is 6.49. The summed E-state index contributed by atoms with van der Waals surface area (Å²) in [5.74, 6) is 1.08. The van der Waals surface area contributed by atoms with Crippen LogP contribution in [0.3, 0.4) is 0 Å². The number of benzene rings is 2. The average molecular weight is 370 g/mol. The van der Waals surface area contributed by atoms with Crippen molar-refractivity contribution in [3.63, 3.8) is 0 Å². The zero-order chi connectivity index (χ0) is 19.0. The lowest BCUT2D eigenvalue weighted by atomic mass is 10.1. The molecule has 4 nitrogen and oxygen atoms in total. The van der Waals surface area contributed by atoms with Gasteiger partial charge >= 0.3 is 6.18 Å². The monoisotopic (exact) mass is 370 g/mol. The molecule has 1 aromatic heterocycles. The highest BCUT2D eigenvalue weighted by atomic mass is 19.4. The summed E-state index contributed by atoms with van der Waals surface area (Å²) in [6, 6.07) is 15.1. The van der Waals surface area contributed by atoms with Crippen molar-refractivity contribution < 1.29 is 13.2 Å². The third-order valence-electron chi connectivity index (χ3n) is 4.56. The molecule has 1 N–H and O–H groups in total. The molecule has 0 saturated carbocycles. The summed E-state index contributed by atoms with van der Waals surface area (Å²) in [6.07, 6.45) is -1.78. The summed E-state index contributed by atoms with van der Waals surface area (Å²) in [4.78, 5) is 10.9. The highest BCUT2D eigenvalue weighted by Crippen LogP contribution is 2.37. The Balaban J connectivity index is 1.58. The number of hydrogen-bond donors (Lipinski definition) is 1. The summed E-state index contributed by atoms with van der Waals surface area (Å²) in [5.41, 5.74) is 2.19. The zero-order valence-electron chi connectivity index (χ0n) is 14.5. The number of anilines is 4. The number of hydrogen-bond acceptors (Lipinski definition) is 4. The second kappa shape index (κ2) is 6.57. The van der Waals surface area contributed by atoms with E-state index in [1.165, 1.54) is 17.7 Å². The Labute approximate surface area is 154 Å². The fourth-order valence-electron chi connectivity index (χ4n) is 3.33. The number of nitrogens with one attached hydrogen (secondary N) is 1. The van der Waals surface area contributed by atoms with Gasteiger partial charge in [0, 0.05) is 23.6 Å². The maximum atomic E-state index is 12.7. The van der Waals surface area contributed by atoms with Crippen LogP contribution in [0.2, 0.25) is 0 Å². The molecular formula is C20H17F3N4. The lowest BCUT2D eigenvalue weighted by Crippen LogP contribution is -2.25. The lowest BCUT2D eigenvalue weighted by Gasteiger charge is -2.24. The van der Waals surface area contributed by atoms with E-state index >= 15 is 0 Å². The highest BCUT2D eigenvalue weighted by Gasteiger charge is 2.30. The molecule has 1 unspecified atom stereocenters. The standard InChI is InChI=1S/C20H17F3N4/c1-13-12-14-4-2-3-5-17(14)27(13)18-10-11-24-19(26-18)25-16-8-6-15(7-9-16)20(21,22)23/h2-11,13H,12H2,1H3,(H,24,25,26). The molecule has 1 aliphatic heterocycles. The Morgan fingerprint density at radius 2 is 1.78 bits per heavy atom.